The molecule has 0 radical (unpaired) electrons. The van der Waals surface area contributed by atoms with Crippen LogP contribution in [0.4, 0.5) is 4.79 Å². The van der Waals surface area contributed by atoms with Crippen molar-refractivity contribution in [3.63, 3.8) is 0 Å². The van der Waals surface area contributed by atoms with E-state index >= 15 is 0 Å². The van der Waals surface area contributed by atoms with Crippen LogP contribution in [-0.2, 0) is 0 Å². The Morgan fingerprint density at radius 1 is 1.53 bits per heavy atom. The van der Waals surface area contributed by atoms with Crippen molar-refractivity contribution in [2.45, 2.75) is 58.2 Å². The zero-order valence-electron chi connectivity index (χ0n) is 10.2. The lowest BCUT2D eigenvalue weighted by Crippen LogP contribution is -2.63. The van der Waals surface area contributed by atoms with Crippen LogP contribution in [0.3, 0.4) is 0 Å². The molecular weight excluding hydrogens is 190 g/mol. The molecule has 0 saturated carbocycles. The highest BCUT2D eigenvalue weighted by Crippen LogP contribution is 2.26. The normalized spacial score (nSPS) is 25.5. The maximum absolute atomic E-state index is 11.9. The van der Waals surface area contributed by atoms with Crippen LogP contribution >= 0.6 is 0 Å². The van der Waals surface area contributed by atoms with Crippen molar-refractivity contribution in [3.8, 4) is 0 Å². The van der Waals surface area contributed by atoms with Crippen LogP contribution in [0.15, 0.2) is 0 Å². The van der Waals surface area contributed by atoms with E-state index < -0.39 is 0 Å². The van der Waals surface area contributed by atoms with Gasteiger partial charge in [0.25, 0.3) is 0 Å². The third kappa shape index (κ3) is 2.62. The van der Waals surface area contributed by atoms with Crippen molar-refractivity contribution in [1.82, 2.24) is 10.2 Å². The molecule has 3 N–H and O–H groups in total. The maximum atomic E-state index is 11.9. The Hall–Kier alpha value is -0.770. The summed E-state index contributed by atoms with van der Waals surface area (Å²) in [5.41, 5.74) is 5.81. The molecule has 1 unspecified atom stereocenters. The molecule has 0 aromatic heterocycles. The number of nitrogens with two attached hydrogens (primary N) is 1. The quantitative estimate of drug-likeness (QED) is 0.690. The Morgan fingerprint density at radius 3 is 2.67 bits per heavy atom. The fraction of sp³-hybridized carbons (Fsp3) is 0.909. The molecule has 1 fully saturated rings. The number of nitrogens with one attached hydrogen (secondary N) is 1. The molecule has 2 amide bonds. The van der Waals surface area contributed by atoms with Crippen LogP contribution in [0.5, 0.6) is 0 Å². The number of hydrogen-bond donors (Lipinski definition) is 2. The van der Waals surface area contributed by atoms with Gasteiger partial charge in [-0.15, -0.1) is 0 Å². The Balaban J connectivity index is 2.71. The minimum Gasteiger partial charge on any atom is -0.336 e. The van der Waals surface area contributed by atoms with Gasteiger partial charge in [-0.05, 0) is 40.5 Å². The van der Waals surface area contributed by atoms with Crippen LogP contribution in [0, 0.1) is 0 Å². The largest absolute Gasteiger partial charge is 0.336 e. The number of carbonyl (C=O) groups excluding carboxylic acids is 1. The van der Waals surface area contributed by atoms with E-state index in [2.05, 4.69) is 5.32 Å². The first-order valence-electron chi connectivity index (χ1n) is 5.69. The molecule has 1 atom stereocenters. The van der Waals surface area contributed by atoms with Crippen LogP contribution in [0.25, 0.3) is 0 Å². The van der Waals surface area contributed by atoms with Gasteiger partial charge in [-0.25, -0.2) is 4.79 Å². The van der Waals surface area contributed by atoms with Gasteiger partial charge in [0.15, 0.2) is 0 Å². The van der Waals surface area contributed by atoms with Gasteiger partial charge >= 0.3 is 6.03 Å². The minimum absolute atomic E-state index is 0.00477. The zero-order chi connectivity index (χ0) is 11.6. The molecule has 0 bridgehead atoms. The number of hydrogen-bond acceptors (Lipinski definition) is 2. The molecule has 0 spiro atoms. The molecule has 0 aromatic carbocycles. The molecule has 1 aliphatic rings. The van der Waals surface area contributed by atoms with Crippen LogP contribution < -0.4 is 11.1 Å². The minimum atomic E-state index is -0.239. The van der Waals surface area contributed by atoms with Crippen LogP contribution in [-0.4, -0.2) is 35.1 Å². The molecule has 0 aliphatic carbocycles. The molecule has 0 aromatic rings. The Kier molecular flexibility index (Phi) is 3.60. The van der Waals surface area contributed by atoms with Gasteiger partial charge in [0.1, 0.15) is 0 Å². The third-order valence-corrected chi connectivity index (χ3v) is 3.16. The summed E-state index contributed by atoms with van der Waals surface area (Å²) in [6, 6.07) is 0.251. The van der Waals surface area contributed by atoms with Crippen LogP contribution in [0.2, 0.25) is 0 Å². The highest BCUT2D eigenvalue weighted by atomic mass is 16.2. The van der Waals surface area contributed by atoms with Gasteiger partial charge in [-0.1, -0.05) is 0 Å². The molecule has 1 rings (SSSR count). The van der Waals surface area contributed by atoms with Gasteiger partial charge in [-0.3, -0.25) is 0 Å². The first-order valence-corrected chi connectivity index (χ1v) is 5.69. The van der Waals surface area contributed by atoms with E-state index in [4.69, 9.17) is 5.73 Å². The highest BCUT2D eigenvalue weighted by molar-refractivity contribution is 5.75. The average molecular weight is 213 g/mol. The van der Waals surface area contributed by atoms with E-state index in [1.165, 1.54) is 0 Å². The lowest BCUT2D eigenvalue weighted by molar-refractivity contribution is 0.0842. The summed E-state index contributed by atoms with van der Waals surface area (Å²) in [5, 5.41) is 2.92. The molecular formula is C11H23N3O. The summed E-state index contributed by atoms with van der Waals surface area (Å²) in [5.74, 6) is 0. The molecule has 1 aliphatic heterocycles. The number of rotatable bonds is 1. The van der Waals surface area contributed by atoms with Crippen molar-refractivity contribution in [3.05, 3.63) is 0 Å². The summed E-state index contributed by atoms with van der Waals surface area (Å²) in [7, 11) is 0. The molecule has 4 nitrogen and oxygen atoms in total. The summed E-state index contributed by atoms with van der Waals surface area (Å²) in [4.78, 5) is 13.8. The van der Waals surface area contributed by atoms with E-state index in [9.17, 15) is 4.79 Å². The van der Waals surface area contributed by atoms with Crippen molar-refractivity contribution in [1.29, 1.82) is 0 Å². The van der Waals surface area contributed by atoms with E-state index in [0.717, 1.165) is 19.4 Å². The summed E-state index contributed by atoms with van der Waals surface area (Å²) >= 11 is 0. The van der Waals surface area contributed by atoms with Gasteiger partial charge in [-0.2, -0.15) is 0 Å². The van der Waals surface area contributed by atoms with Crippen molar-refractivity contribution in [2.24, 2.45) is 5.73 Å². The Morgan fingerprint density at radius 2 is 2.13 bits per heavy atom. The predicted octanol–water partition coefficient (Wildman–Crippen LogP) is 1.31. The standard InChI is InChI=1S/C11H23N3O/c1-8(2)13-10(15)14-7-5-6-9(12)11(14,3)4/h8-9H,5-7,12H2,1-4H3,(H,13,15). The molecule has 15 heavy (non-hydrogen) atoms. The summed E-state index contributed by atoms with van der Waals surface area (Å²) in [6.07, 6.45) is 1.99. The molecule has 88 valence electrons. The first-order chi connectivity index (χ1) is 6.85. The van der Waals surface area contributed by atoms with E-state index in [0.29, 0.717) is 0 Å². The number of nitrogens with zero attached hydrogens (tertiary/aromatic N) is 1. The Labute approximate surface area is 92.2 Å². The van der Waals surface area contributed by atoms with Crippen molar-refractivity contribution >= 4 is 6.03 Å². The number of amides is 2. The summed E-state index contributed by atoms with van der Waals surface area (Å²) in [6.45, 7) is 8.82. The second-order valence-electron chi connectivity index (χ2n) is 5.16. The van der Waals surface area contributed by atoms with E-state index in [-0.39, 0.29) is 23.7 Å². The highest BCUT2D eigenvalue weighted by Gasteiger charge is 2.39. The number of carbonyl (C=O) groups is 1. The topological polar surface area (TPSA) is 58.4 Å². The first kappa shape index (κ1) is 12.3. The van der Waals surface area contributed by atoms with Crippen LogP contribution in [0.1, 0.15) is 40.5 Å². The van der Waals surface area contributed by atoms with Gasteiger partial charge < -0.3 is 16.0 Å². The monoisotopic (exact) mass is 213 g/mol. The SMILES string of the molecule is CC(C)NC(=O)N1CCCC(N)C1(C)C. The predicted molar refractivity (Wildman–Crippen MR) is 61.7 cm³/mol. The third-order valence-electron chi connectivity index (χ3n) is 3.16. The fourth-order valence-electron chi connectivity index (χ4n) is 2.00. The van der Waals surface area contributed by atoms with Gasteiger partial charge in [0.2, 0.25) is 0 Å². The van der Waals surface area contributed by atoms with E-state index in [1.54, 1.807) is 0 Å². The molecule has 1 saturated heterocycles. The average Bonchev–Trinajstić information content (AvgIpc) is 2.08. The second kappa shape index (κ2) is 4.39. The van der Waals surface area contributed by atoms with E-state index in [1.807, 2.05) is 32.6 Å². The lowest BCUT2D eigenvalue weighted by atomic mass is 9.86. The maximum Gasteiger partial charge on any atom is 0.318 e. The zero-order valence-corrected chi connectivity index (χ0v) is 10.2. The number of likely N-dealkylation sites (tertiary alicyclic amines) is 1. The Bertz CT molecular complexity index is 238. The number of piperidine rings is 1. The molecule has 4 heteroatoms. The van der Waals surface area contributed by atoms with Gasteiger partial charge in [0.05, 0.1) is 5.54 Å². The van der Waals surface area contributed by atoms with Gasteiger partial charge in [0, 0.05) is 18.6 Å². The van der Waals surface area contributed by atoms with Crippen molar-refractivity contribution in [2.75, 3.05) is 6.54 Å². The summed E-state index contributed by atoms with van der Waals surface area (Å²) < 4.78 is 0. The second-order valence-corrected chi connectivity index (χ2v) is 5.16. The smallest absolute Gasteiger partial charge is 0.318 e. The fourth-order valence-corrected chi connectivity index (χ4v) is 2.00. The lowest BCUT2D eigenvalue weighted by Gasteiger charge is -2.46. The van der Waals surface area contributed by atoms with Crippen molar-refractivity contribution < 1.29 is 4.79 Å². The number of urea groups is 1. The molecule has 1 heterocycles.